The first-order chi connectivity index (χ1) is 8.31. The molecule has 0 bridgehead atoms. The van der Waals surface area contributed by atoms with Gasteiger partial charge >= 0.3 is 0 Å². The predicted molar refractivity (Wildman–Crippen MR) is 70.1 cm³/mol. The fraction of sp³-hybridized carbons (Fsp3) is 0.692. The highest BCUT2D eigenvalue weighted by Crippen LogP contribution is 2.07. The van der Waals surface area contributed by atoms with Gasteiger partial charge in [0.25, 0.3) is 0 Å². The van der Waals surface area contributed by atoms with Crippen LogP contribution in [0, 0.1) is 6.92 Å². The summed E-state index contributed by atoms with van der Waals surface area (Å²) in [6.45, 7) is 8.86. The molecule has 0 aliphatic heterocycles. The van der Waals surface area contributed by atoms with Gasteiger partial charge in [0.2, 0.25) is 5.91 Å². The molecular formula is C13H23N3O2. The molecule has 1 aromatic rings. The molecule has 0 fully saturated rings. The Bertz CT molecular complexity index is 393. The van der Waals surface area contributed by atoms with E-state index in [0.29, 0.717) is 26.1 Å². The fourth-order valence-electron chi connectivity index (χ4n) is 1.80. The molecule has 0 spiro atoms. The van der Waals surface area contributed by atoms with Gasteiger partial charge in [0.15, 0.2) is 0 Å². The Hall–Kier alpha value is -1.36. The predicted octanol–water partition coefficient (Wildman–Crippen LogP) is 1.20. The average molecular weight is 253 g/mol. The Labute approximate surface area is 108 Å². The zero-order chi connectivity index (χ0) is 13.8. The van der Waals surface area contributed by atoms with Crippen LogP contribution >= 0.6 is 0 Å². The van der Waals surface area contributed by atoms with E-state index in [1.807, 2.05) is 20.0 Å². The van der Waals surface area contributed by atoms with Gasteiger partial charge in [-0.05, 0) is 33.3 Å². The molecule has 0 saturated carbocycles. The van der Waals surface area contributed by atoms with Crippen LogP contribution < -0.4 is 0 Å². The van der Waals surface area contributed by atoms with Gasteiger partial charge in [-0.1, -0.05) is 0 Å². The lowest BCUT2D eigenvalue weighted by Crippen LogP contribution is -2.42. The van der Waals surface area contributed by atoms with E-state index in [0.717, 1.165) is 5.56 Å². The van der Waals surface area contributed by atoms with Gasteiger partial charge in [-0.2, -0.15) is 5.10 Å². The van der Waals surface area contributed by atoms with Crippen molar-refractivity contribution in [2.45, 2.75) is 46.3 Å². The molecular weight excluding hydrogens is 230 g/mol. The van der Waals surface area contributed by atoms with Crippen molar-refractivity contribution in [2.24, 2.45) is 0 Å². The summed E-state index contributed by atoms with van der Waals surface area (Å²) < 4.78 is 1.77. The molecule has 1 amide bonds. The van der Waals surface area contributed by atoms with Gasteiger partial charge < -0.3 is 10.0 Å². The van der Waals surface area contributed by atoms with Crippen LogP contribution in [0.2, 0.25) is 0 Å². The zero-order valence-electron chi connectivity index (χ0n) is 11.7. The summed E-state index contributed by atoms with van der Waals surface area (Å²) in [4.78, 5) is 13.7. The number of aryl methyl sites for hydroxylation is 2. The van der Waals surface area contributed by atoms with Gasteiger partial charge in [0.1, 0.15) is 0 Å². The molecule has 0 radical (unpaired) electrons. The summed E-state index contributed by atoms with van der Waals surface area (Å²) in [5.41, 5.74) is 0.236. The summed E-state index contributed by atoms with van der Waals surface area (Å²) in [6, 6.07) is 0. The van der Waals surface area contributed by atoms with Gasteiger partial charge in [0, 0.05) is 32.3 Å². The van der Waals surface area contributed by atoms with Crippen molar-refractivity contribution in [3.8, 4) is 0 Å². The fourth-order valence-corrected chi connectivity index (χ4v) is 1.80. The Kier molecular flexibility index (Phi) is 4.90. The number of carbonyl (C=O) groups is 1. The van der Waals surface area contributed by atoms with Crippen molar-refractivity contribution in [1.29, 1.82) is 0 Å². The Morgan fingerprint density at radius 3 is 2.67 bits per heavy atom. The molecule has 0 atom stereocenters. The molecule has 5 heteroatoms. The number of aliphatic hydroxyl groups is 1. The van der Waals surface area contributed by atoms with Crippen LogP contribution in [0.1, 0.15) is 32.8 Å². The molecule has 5 nitrogen and oxygen atoms in total. The molecule has 18 heavy (non-hydrogen) atoms. The lowest BCUT2D eigenvalue weighted by atomic mass is 10.1. The number of carbonyl (C=O) groups excluding carboxylic acids is 1. The SMILES string of the molecule is CCN(CC(C)(C)O)C(=O)CCn1cc(C)cn1. The van der Waals surface area contributed by atoms with Crippen molar-refractivity contribution in [2.75, 3.05) is 13.1 Å². The van der Waals surface area contributed by atoms with Crippen LogP contribution in [0.25, 0.3) is 0 Å². The number of amides is 1. The summed E-state index contributed by atoms with van der Waals surface area (Å²) in [5.74, 6) is 0.0489. The van der Waals surface area contributed by atoms with E-state index >= 15 is 0 Å². The lowest BCUT2D eigenvalue weighted by molar-refractivity contribution is -0.134. The number of likely N-dealkylation sites (N-methyl/N-ethyl adjacent to an activating group) is 1. The van der Waals surface area contributed by atoms with Crippen molar-refractivity contribution in [1.82, 2.24) is 14.7 Å². The molecule has 1 N–H and O–H groups in total. The molecule has 1 rings (SSSR count). The third-order valence-electron chi connectivity index (χ3n) is 2.63. The molecule has 0 saturated heterocycles. The number of nitrogens with zero attached hydrogens (tertiary/aromatic N) is 3. The molecule has 0 unspecified atom stereocenters. The van der Waals surface area contributed by atoms with Gasteiger partial charge in [-0.3, -0.25) is 9.48 Å². The van der Waals surface area contributed by atoms with E-state index in [9.17, 15) is 9.90 Å². The van der Waals surface area contributed by atoms with E-state index < -0.39 is 5.60 Å². The summed E-state index contributed by atoms with van der Waals surface area (Å²) in [6.07, 6.45) is 4.10. The summed E-state index contributed by atoms with van der Waals surface area (Å²) in [5, 5.41) is 13.9. The van der Waals surface area contributed by atoms with Crippen molar-refractivity contribution < 1.29 is 9.90 Å². The van der Waals surface area contributed by atoms with Crippen molar-refractivity contribution in [3.05, 3.63) is 18.0 Å². The molecule has 0 aromatic carbocycles. The van der Waals surface area contributed by atoms with Crippen molar-refractivity contribution >= 4 is 5.91 Å². The third-order valence-corrected chi connectivity index (χ3v) is 2.63. The lowest BCUT2D eigenvalue weighted by Gasteiger charge is -2.28. The van der Waals surface area contributed by atoms with E-state index in [4.69, 9.17) is 0 Å². The minimum absolute atomic E-state index is 0.0489. The number of hydrogen-bond donors (Lipinski definition) is 1. The van der Waals surface area contributed by atoms with E-state index in [-0.39, 0.29) is 5.91 Å². The minimum Gasteiger partial charge on any atom is -0.389 e. The van der Waals surface area contributed by atoms with Crippen LogP contribution in [0.15, 0.2) is 12.4 Å². The monoisotopic (exact) mass is 253 g/mol. The molecule has 0 aliphatic rings. The molecule has 102 valence electrons. The van der Waals surface area contributed by atoms with Crippen LogP contribution in [0.4, 0.5) is 0 Å². The molecule has 1 aromatic heterocycles. The highest BCUT2D eigenvalue weighted by molar-refractivity contribution is 5.76. The smallest absolute Gasteiger partial charge is 0.224 e. The van der Waals surface area contributed by atoms with Crippen LogP contribution in [0.3, 0.4) is 0 Å². The topological polar surface area (TPSA) is 58.4 Å². The average Bonchev–Trinajstić information content (AvgIpc) is 2.67. The molecule has 1 heterocycles. The zero-order valence-corrected chi connectivity index (χ0v) is 11.7. The maximum Gasteiger partial charge on any atom is 0.224 e. The number of hydrogen-bond acceptors (Lipinski definition) is 3. The first kappa shape index (κ1) is 14.7. The largest absolute Gasteiger partial charge is 0.389 e. The quantitative estimate of drug-likeness (QED) is 0.828. The third kappa shape index (κ3) is 4.87. The van der Waals surface area contributed by atoms with Gasteiger partial charge in [-0.15, -0.1) is 0 Å². The Morgan fingerprint density at radius 1 is 1.56 bits per heavy atom. The van der Waals surface area contributed by atoms with Crippen molar-refractivity contribution in [3.63, 3.8) is 0 Å². The van der Waals surface area contributed by atoms with E-state index in [1.54, 1.807) is 29.6 Å². The summed E-state index contributed by atoms with van der Waals surface area (Å²) >= 11 is 0. The first-order valence-corrected chi connectivity index (χ1v) is 6.31. The number of rotatable bonds is 6. The van der Waals surface area contributed by atoms with Crippen LogP contribution in [-0.4, -0.2) is 44.4 Å². The standard InChI is InChI=1S/C13H23N3O2/c1-5-15(10-13(3,4)18)12(17)6-7-16-9-11(2)8-14-16/h8-9,18H,5-7,10H2,1-4H3. The minimum atomic E-state index is -0.853. The Balaban J connectivity index is 2.47. The second-order valence-corrected chi connectivity index (χ2v) is 5.25. The highest BCUT2D eigenvalue weighted by atomic mass is 16.3. The van der Waals surface area contributed by atoms with Gasteiger partial charge in [-0.25, -0.2) is 0 Å². The Morgan fingerprint density at radius 2 is 2.22 bits per heavy atom. The summed E-state index contributed by atoms with van der Waals surface area (Å²) in [7, 11) is 0. The first-order valence-electron chi connectivity index (χ1n) is 6.31. The van der Waals surface area contributed by atoms with Gasteiger partial charge in [0.05, 0.1) is 11.8 Å². The van der Waals surface area contributed by atoms with E-state index in [1.165, 1.54) is 0 Å². The maximum absolute atomic E-state index is 12.0. The van der Waals surface area contributed by atoms with Crippen LogP contribution in [-0.2, 0) is 11.3 Å². The van der Waals surface area contributed by atoms with E-state index in [2.05, 4.69) is 5.10 Å². The highest BCUT2D eigenvalue weighted by Gasteiger charge is 2.20. The van der Waals surface area contributed by atoms with Crippen LogP contribution in [0.5, 0.6) is 0 Å². The second kappa shape index (κ2) is 6.00. The maximum atomic E-state index is 12.0. The molecule has 0 aliphatic carbocycles. The number of aromatic nitrogens is 2. The normalized spacial score (nSPS) is 11.6. The second-order valence-electron chi connectivity index (χ2n) is 5.25.